The molecular formula is C24H28N8O3S. The van der Waals surface area contributed by atoms with E-state index in [1.54, 1.807) is 12.3 Å². The van der Waals surface area contributed by atoms with Crippen LogP contribution < -0.4 is 10.2 Å². The lowest BCUT2D eigenvalue weighted by molar-refractivity contribution is 0.123. The fourth-order valence-corrected chi connectivity index (χ4v) is 5.93. The van der Waals surface area contributed by atoms with Crippen LogP contribution in [-0.2, 0) is 14.8 Å². The second-order valence-electron chi connectivity index (χ2n) is 9.44. The number of fused-ring (bicyclic) bond motifs is 1. The Morgan fingerprint density at radius 3 is 2.64 bits per heavy atom. The Morgan fingerprint density at radius 1 is 1.08 bits per heavy atom. The Hall–Kier alpha value is -3.51. The van der Waals surface area contributed by atoms with Crippen molar-refractivity contribution in [1.82, 2.24) is 28.7 Å². The Bertz CT molecular complexity index is 1520. The topological polar surface area (TPSA) is 120 Å². The molecule has 1 saturated carbocycles. The highest BCUT2D eigenvalue weighted by atomic mass is 32.2. The van der Waals surface area contributed by atoms with Crippen molar-refractivity contribution in [3.63, 3.8) is 0 Å². The second-order valence-corrected chi connectivity index (χ2v) is 11.5. The highest BCUT2D eigenvalue weighted by Gasteiger charge is 2.37. The van der Waals surface area contributed by atoms with Gasteiger partial charge in [-0.15, -0.1) is 0 Å². The first-order valence-electron chi connectivity index (χ1n) is 12.1. The van der Waals surface area contributed by atoms with Crippen molar-refractivity contribution < 1.29 is 13.2 Å². The van der Waals surface area contributed by atoms with Crippen molar-refractivity contribution in [3.05, 3.63) is 43.1 Å². The fraction of sp³-hybridized carbons (Fsp3) is 0.417. The first kappa shape index (κ1) is 22.9. The van der Waals surface area contributed by atoms with Gasteiger partial charge in [0.15, 0.2) is 5.82 Å². The van der Waals surface area contributed by atoms with Gasteiger partial charge < -0.3 is 19.5 Å². The first-order valence-corrected chi connectivity index (χ1v) is 13.6. The van der Waals surface area contributed by atoms with Crippen molar-refractivity contribution in [2.24, 2.45) is 0 Å². The number of anilines is 3. The molecule has 0 aromatic carbocycles. The molecular weight excluding hydrogens is 480 g/mol. The number of hydrogen-bond acceptors (Lipinski definition) is 9. The zero-order chi connectivity index (χ0) is 24.9. The molecule has 2 fully saturated rings. The molecule has 2 aliphatic rings. The Labute approximate surface area is 209 Å². The molecule has 36 heavy (non-hydrogen) atoms. The smallest absolute Gasteiger partial charge is 0.256 e. The molecule has 1 N–H and O–H groups in total. The molecule has 0 unspecified atom stereocenters. The molecule has 12 heteroatoms. The van der Waals surface area contributed by atoms with Gasteiger partial charge in [0.25, 0.3) is 10.0 Å². The van der Waals surface area contributed by atoms with Crippen LogP contribution in [0.3, 0.4) is 0 Å². The van der Waals surface area contributed by atoms with E-state index < -0.39 is 10.0 Å². The highest BCUT2D eigenvalue weighted by molar-refractivity contribution is 7.90. The number of morpholine rings is 1. The molecule has 1 aliphatic heterocycles. The molecule has 5 heterocycles. The van der Waals surface area contributed by atoms with Gasteiger partial charge in [-0.1, -0.05) is 0 Å². The monoisotopic (exact) mass is 508 g/mol. The maximum atomic E-state index is 12.5. The summed E-state index contributed by atoms with van der Waals surface area (Å²) in [6.45, 7) is 7.50. The number of ether oxygens (including phenoxy) is 1. The van der Waals surface area contributed by atoms with Gasteiger partial charge in [-0.3, -0.25) is 0 Å². The highest BCUT2D eigenvalue weighted by Crippen LogP contribution is 2.33. The molecule has 0 spiro atoms. The van der Waals surface area contributed by atoms with Gasteiger partial charge >= 0.3 is 0 Å². The molecule has 6 rings (SSSR count). The molecule has 0 radical (unpaired) electrons. The number of nitrogens with zero attached hydrogens (tertiary/aromatic N) is 7. The van der Waals surface area contributed by atoms with Gasteiger partial charge in [-0.2, -0.15) is 9.19 Å². The first-order chi connectivity index (χ1) is 17.4. The maximum Gasteiger partial charge on any atom is 0.256 e. The number of aromatic nitrogens is 6. The summed E-state index contributed by atoms with van der Waals surface area (Å²) < 4.78 is 33.7. The second kappa shape index (κ2) is 8.86. The molecule has 11 nitrogen and oxygen atoms in total. The summed E-state index contributed by atoms with van der Waals surface area (Å²) >= 11 is 0. The Morgan fingerprint density at radius 2 is 1.89 bits per heavy atom. The lowest BCUT2D eigenvalue weighted by atomic mass is 10.2. The van der Waals surface area contributed by atoms with Crippen LogP contribution in [0.1, 0.15) is 32.7 Å². The van der Waals surface area contributed by atoms with Crippen molar-refractivity contribution >= 4 is 38.2 Å². The quantitative estimate of drug-likeness (QED) is 0.401. The number of nitrogens with one attached hydrogen (secondary N) is 1. The number of rotatable bonds is 7. The number of hydrogen-bond donors (Lipinski definition) is 1. The van der Waals surface area contributed by atoms with E-state index in [1.807, 2.05) is 12.3 Å². The van der Waals surface area contributed by atoms with Crippen LogP contribution in [-0.4, -0.2) is 68.7 Å². The SMILES string of the molecule is CC(C)n1cc(N2CCOCC2)c2cnc(Nc3ccnc(-c4cnn(S(=O)(=O)C5CC5)c4)n3)cc21. The largest absolute Gasteiger partial charge is 0.378 e. The van der Waals surface area contributed by atoms with Crippen LogP contribution in [0.15, 0.2) is 43.1 Å². The minimum atomic E-state index is -3.44. The van der Waals surface area contributed by atoms with Crippen LogP contribution in [0.2, 0.25) is 0 Å². The molecule has 0 atom stereocenters. The van der Waals surface area contributed by atoms with Crippen LogP contribution in [0.25, 0.3) is 22.3 Å². The van der Waals surface area contributed by atoms with E-state index >= 15 is 0 Å². The predicted octanol–water partition coefficient (Wildman–Crippen LogP) is 3.19. The van der Waals surface area contributed by atoms with Crippen LogP contribution in [0.4, 0.5) is 17.3 Å². The van der Waals surface area contributed by atoms with E-state index in [2.05, 4.69) is 54.9 Å². The van der Waals surface area contributed by atoms with Gasteiger partial charge in [0.1, 0.15) is 11.6 Å². The predicted molar refractivity (Wildman–Crippen MR) is 137 cm³/mol. The normalized spacial score (nSPS) is 16.7. The van der Waals surface area contributed by atoms with Crippen LogP contribution >= 0.6 is 0 Å². The summed E-state index contributed by atoms with van der Waals surface area (Å²) in [6.07, 6.45) is 10.0. The standard InChI is InChI=1S/C24H28N8O3S/c1-16(2)31-15-21(30-7-9-35-10-8-30)19-13-26-23(11-20(19)31)28-22-5-6-25-24(29-22)17-12-27-32(14-17)36(33,34)18-3-4-18/h5-6,11-16,18H,3-4,7-10H2,1-2H3,(H,25,26,28,29). The minimum absolute atomic E-state index is 0.284. The van der Waals surface area contributed by atoms with Crippen molar-refractivity contribution in [3.8, 4) is 11.4 Å². The van der Waals surface area contributed by atoms with Crippen molar-refractivity contribution in [2.45, 2.75) is 38.0 Å². The van der Waals surface area contributed by atoms with E-state index in [-0.39, 0.29) is 11.3 Å². The molecule has 4 aromatic heterocycles. The van der Waals surface area contributed by atoms with E-state index in [0.29, 0.717) is 35.9 Å². The van der Waals surface area contributed by atoms with E-state index in [1.165, 1.54) is 18.1 Å². The third kappa shape index (κ3) is 4.20. The van der Waals surface area contributed by atoms with Crippen molar-refractivity contribution in [2.75, 3.05) is 36.5 Å². The van der Waals surface area contributed by atoms with Gasteiger partial charge in [0.2, 0.25) is 0 Å². The average molecular weight is 509 g/mol. The van der Waals surface area contributed by atoms with Crippen molar-refractivity contribution in [1.29, 1.82) is 0 Å². The van der Waals surface area contributed by atoms with E-state index in [9.17, 15) is 8.42 Å². The third-order valence-electron chi connectivity index (χ3n) is 6.54. The summed E-state index contributed by atoms with van der Waals surface area (Å²) in [5, 5.41) is 8.08. The molecule has 0 bridgehead atoms. The molecule has 1 aliphatic carbocycles. The van der Waals surface area contributed by atoms with Gasteiger partial charge in [-0.05, 0) is 32.8 Å². The lowest BCUT2D eigenvalue weighted by Crippen LogP contribution is -2.36. The van der Waals surface area contributed by atoms with E-state index in [0.717, 1.165) is 41.3 Å². The minimum Gasteiger partial charge on any atom is -0.378 e. The number of pyridine rings is 1. The lowest BCUT2D eigenvalue weighted by Gasteiger charge is -2.28. The fourth-order valence-electron chi connectivity index (χ4n) is 4.46. The summed E-state index contributed by atoms with van der Waals surface area (Å²) in [5.41, 5.74) is 2.79. The van der Waals surface area contributed by atoms with Crippen LogP contribution in [0.5, 0.6) is 0 Å². The van der Waals surface area contributed by atoms with Gasteiger partial charge in [-0.25, -0.2) is 23.4 Å². The average Bonchev–Trinajstić information content (AvgIpc) is 3.50. The maximum absolute atomic E-state index is 12.5. The summed E-state index contributed by atoms with van der Waals surface area (Å²) in [7, 11) is -3.44. The summed E-state index contributed by atoms with van der Waals surface area (Å²) in [5.74, 6) is 1.60. The molecule has 0 amide bonds. The molecule has 1 saturated heterocycles. The Balaban J connectivity index is 1.28. The van der Waals surface area contributed by atoms with Gasteiger partial charge in [0, 0.05) is 49.2 Å². The zero-order valence-electron chi connectivity index (χ0n) is 20.2. The summed E-state index contributed by atoms with van der Waals surface area (Å²) in [4.78, 5) is 15.9. The molecule has 4 aromatic rings. The Kier molecular flexibility index (Phi) is 5.64. The van der Waals surface area contributed by atoms with Crippen LogP contribution in [0, 0.1) is 0 Å². The van der Waals surface area contributed by atoms with E-state index in [4.69, 9.17) is 4.74 Å². The van der Waals surface area contributed by atoms with Gasteiger partial charge in [0.05, 0.1) is 47.6 Å². The zero-order valence-corrected chi connectivity index (χ0v) is 21.0. The third-order valence-corrected chi connectivity index (χ3v) is 8.58. The summed E-state index contributed by atoms with van der Waals surface area (Å²) in [6, 6.07) is 4.06. The molecule has 188 valence electrons.